The van der Waals surface area contributed by atoms with E-state index in [-0.39, 0.29) is 5.78 Å². The van der Waals surface area contributed by atoms with Gasteiger partial charge < -0.3 is 0 Å². The number of terminal acetylenes is 1. The topological polar surface area (TPSA) is 21.4 Å². The second kappa shape index (κ2) is 3.58. The Bertz CT molecular complexity index is 707. The summed E-state index contributed by atoms with van der Waals surface area (Å²) in [7, 11) is 0. The summed E-state index contributed by atoms with van der Waals surface area (Å²) in [6, 6.07) is 10.6. The third kappa shape index (κ3) is 1.27. The molecule has 0 fully saturated rings. The van der Waals surface area contributed by atoms with Crippen LogP contribution in [0.2, 0.25) is 0 Å². The van der Waals surface area contributed by atoms with E-state index in [0.29, 0.717) is 22.4 Å². The van der Waals surface area contributed by atoms with Gasteiger partial charge in [-0.05, 0) is 29.3 Å². The van der Waals surface area contributed by atoms with Crippen LogP contribution in [0.1, 0.15) is 21.5 Å². The van der Waals surface area contributed by atoms with E-state index >= 15 is 0 Å². The van der Waals surface area contributed by atoms with Crippen LogP contribution in [-0.2, 0) is 0 Å². The summed E-state index contributed by atoms with van der Waals surface area (Å²) in [4.78, 5) is 15.6. The van der Waals surface area contributed by atoms with Crippen molar-refractivity contribution in [3.05, 3.63) is 64.5 Å². The van der Waals surface area contributed by atoms with Crippen molar-refractivity contribution < 1.29 is 4.79 Å². The average molecular weight is 229 g/mol. The Morgan fingerprint density at radius 1 is 1.00 bits per heavy atom. The molecule has 2 nitrogen and oxygen atoms in total. The molecule has 0 spiro atoms. The van der Waals surface area contributed by atoms with Crippen molar-refractivity contribution in [1.29, 1.82) is 0 Å². The maximum atomic E-state index is 12.3. The van der Waals surface area contributed by atoms with E-state index in [4.69, 9.17) is 13.0 Å². The van der Waals surface area contributed by atoms with Crippen molar-refractivity contribution in [2.75, 3.05) is 0 Å². The molecule has 3 rings (SSSR count). The zero-order chi connectivity index (χ0) is 12.7. The zero-order valence-electron chi connectivity index (χ0n) is 9.40. The lowest BCUT2D eigenvalue weighted by atomic mass is 10.0. The van der Waals surface area contributed by atoms with Crippen LogP contribution in [0, 0.1) is 18.9 Å². The van der Waals surface area contributed by atoms with Crippen molar-refractivity contribution in [1.82, 2.24) is 0 Å². The van der Waals surface area contributed by atoms with Crippen molar-refractivity contribution in [3.8, 4) is 23.5 Å². The van der Waals surface area contributed by atoms with Gasteiger partial charge >= 0.3 is 0 Å². The molecule has 1 aliphatic carbocycles. The summed E-state index contributed by atoms with van der Waals surface area (Å²) >= 11 is 0. The summed E-state index contributed by atoms with van der Waals surface area (Å²) in [5.74, 6) is 2.47. The van der Waals surface area contributed by atoms with Crippen molar-refractivity contribution in [2.24, 2.45) is 0 Å². The predicted molar refractivity (Wildman–Crippen MR) is 69.5 cm³/mol. The van der Waals surface area contributed by atoms with Gasteiger partial charge in [0.1, 0.15) is 0 Å². The van der Waals surface area contributed by atoms with Crippen LogP contribution < -0.4 is 0 Å². The van der Waals surface area contributed by atoms with Crippen LogP contribution in [0.25, 0.3) is 16.0 Å². The largest absolute Gasteiger partial charge is 0.289 e. The first-order chi connectivity index (χ1) is 8.74. The first-order valence-electron chi connectivity index (χ1n) is 5.42. The second-order valence-electron chi connectivity index (χ2n) is 4.08. The van der Waals surface area contributed by atoms with Gasteiger partial charge in [-0.2, -0.15) is 0 Å². The monoisotopic (exact) mass is 229 g/mol. The number of hydrogen-bond donors (Lipinski definition) is 0. The third-order valence-corrected chi connectivity index (χ3v) is 3.10. The number of fused-ring (bicyclic) bond motifs is 3. The van der Waals surface area contributed by atoms with Crippen LogP contribution >= 0.6 is 0 Å². The summed E-state index contributed by atoms with van der Waals surface area (Å²) in [5.41, 5.74) is 4.17. The molecule has 2 heteroatoms. The molecular formula is C16H7NO. The second-order valence-corrected chi connectivity index (χ2v) is 4.08. The molecule has 18 heavy (non-hydrogen) atoms. The van der Waals surface area contributed by atoms with E-state index in [1.54, 1.807) is 18.2 Å². The van der Waals surface area contributed by atoms with Crippen LogP contribution in [0.5, 0.6) is 0 Å². The fraction of sp³-hybridized carbons (Fsp3) is 0. The highest BCUT2D eigenvalue weighted by atomic mass is 16.1. The normalized spacial score (nSPS) is 11.3. The molecule has 0 bridgehead atoms. The van der Waals surface area contributed by atoms with E-state index in [9.17, 15) is 4.79 Å². The first kappa shape index (κ1) is 10.3. The van der Waals surface area contributed by atoms with Gasteiger partial charge in [0.2, 0.25) is 0 Å². The van der Waals surface area contributed by atoms with Crippen molar-refractivity contribution >= 4 is 11.5 Å². The van der Waals surface area contributed by atoms with Gasteiger partial charge in [0, 0.05) is 16.7 Å². The van der Waals surface area contributed by atoms with E-state index < -0.39 is 0 Å². The first-order valence-corrected chi connectivity index (χ1v) is 5.42. The molecule has 82 valence electrons. The highest BCUT2D eigenvalue weighted by molar-refractivity contribution is 6.22. The summed E-state index contributed by atoms with van der Waals surface area (Å²) < 4.78 is 0. The number of hydrogen-bond acceptors (Lipinski definition) is 1. The zero-order valence-corrected chi connectivity index (χ0v) is 9.40. The molecule has 0 atom stereocenters. The molecule has 0 N–H and O–H groups in total. The Hall–Kier alpha value is -2.84. The number of nitrogens with zero attached hydrogens (tertiary/aromatic N) is 1. The van der Waals surface area contributed by atoms with Gasteiger partial charge in [0.25, 0.3) is 0 Å². The molecule has 0 saturated heterocycles. The van der Waals surface area contributed by atoms with Gasteiger partial charge in [-0.1, -0.05) is 24.1 Å². The smallest absolute Gasteiger partial charge is 0.193 e. The minimum Gasteiger partial charge on any atom is -0.289 e. The number of rotatable bonds is 0. The fourth-order valence-corrected chi connectivity index (χ4v) is 2.23. The highest BCUT2D eigenvalue weighted by Crippen LogP contribution is 2.38. The van der Waals surface area contributed by atoms with Gasteiger partial charge in [-0.25, -0.2) is 4.85 Å². The Kier molecular flexibility index (Phi) is 2.06. The molecule has 0 aromatic heterocycles. The van der Waals surface area contributed by atoms with E-state index in [2.05, 4.69) is 10.8 Å². The quantitative estimate of drug-likeness (QED) is 0.427. The molecular weight excluding hydrogens is 222 g/mol. The lowest BCUT2D eigenvalue weighted by Gasteiger charge is -1.99. The average Bonchev–Trinajstić information content (AvgIpc) is 2.71. The molecule has 2 aromatic rings. The Morgan fingerprint density at radius 2 is 1.67 bits per heavy atom. The number of benzene rings is 2. The molecule has 0 unspecified atom stereocenters. The van der Waals surface area contributed by atoms with Crippen LogP contribution in [0.4, 0.5) is 5.69 Å². The van der Waals surface area contributed by atoms with Gasteiger partial charge in [0.15, 0.2) is 11.5 Å². The molecule has 1 aliphatic rings. The highest BCUT2D eigenvalue weighted by Gasteiger charge is 2.26. The summed E-state index contributed by atoms with van der Waals surface area (Å²) in [6.07, 6.45) is 5.34. The molecule has 0 heterocycles. The maximum Gasteiger partial charge on any atom is 0.193 e. The fourth-order valence-electron chi connectivity index (χ4n) is 2.23. The maximum absolute atomic E-state index is 12.3. The van der Waals surface area contributed by atoms with Crippen molar-refractivity contribution in [3.63, 3.8) is 0 Å². The SMILES string of the molecule is [C-]#[N+]c1ccc2c(c1)C(=O)c1cc(C#C)ccc1-2. The van der Waals surface area contributed by atoms with Crippen LogP contribution in [0.15, 0.2) is 36.4 Å². The number of carbonyl (C=O) groups excluding carboxylic acids is 1. The van der Waals surface area contributed by atoms with E-state index in [0.717, 1.165) is 11.1 Å². The summed E-state index contributed by atoms with van der Waals surface area (Å²) in [6.45, 7) is 6.98. The standard InChI is InChI=1S/C16H7NO/c1-3-10-4-6-12-13-7-5-11(17-2)9-15(13)16(18)14(12)8-10/h1,4-9H. The minimum atomic E-state index is -0.0531. The Labute approximate surface area is 105 Å². The molecule has 0 saturated carbocycles. The Balaban J connectivity index is 2.29. The van der Waals surface area contributed by atoms with Gasteiger partial charge in [-0.3, -0.25) is 4.79 Å². The summed E-state index contributed by atoms with van der Waals surface area (Å²) in [5, 5.41) is 0. The van der Waals surface area contributed by atoms with E-state index in [1.807, 2.05) is 18.2 Å². The molecule has 0 amide bonds. The van der Waals surface area contributed by atoms with E-state index in [1.165, 1.54) is 0 Å². The van der Waals surface area contributed by atoms with Gasteiger partial charge in [-0.15, -0.1) is 6.42 Å². The number of carbonyl (C=O) groups is 1. The molecule has 2 aromatic carbocycles. The predicted octanol–water partition coefficient (Wildman–Crippen LogP) is 3.43. The molecule has 0 radical (unpaired) electrons. The lowest BCUT2D eigenvalue weighted by Crippen LogP contribution is -1.95. The minimum absolute atomic E-state index is 0.0531. The lowest BCUT2D eigenvalue weighted by molar-refractivity contribution is 0.104. The van der Waals surface area contributed by atoms with Gasteiger partial charge in [0.05, 0.1) is 6.57 Å². The Morgan fingerprint density at radius 3 is 2.33 bits per heavy atom. The van der Waals surface area contributed by atoms with Crippen LogP contribution in [-0.4, -0.2) is 5.78 Å². The number of ketones is 1. The third-order valence-electron chi connectivity index (χ3n) is 3.10. The van der Waals surface area contributed by atoms with Crippen LogP contribution in [0.3, 0.4) is 0 Å². The van der Waals surface area contributed by atoms with Crippen molar-refractivity contribution in [2.45, 2.75) is 0 Å². The molecule has 0 aliphatic heterocycles.